The van der Waals surface area contributed by atoms with E-state index in [1.54, 1.807) is 9.80 Å². The van der Waals surface area contributed by atoms with Crippen molar-refractivity contribution in [3.63, 3.8) is 0 Å². The monoisotopic (exact) mass is 344 g/mol. The molecule has 2 aromatic rings. The molecule has 1 aliphatic heterocycles. The Balaban J connectivity index is 1.82. The molecule has 6 heteroatoms. The Labute approximate surface area is 147 Å². The van der Waals surface area contributed by atoms with Gasteiger partial charge in [-0.15, -0.1) is 0 Å². The number of nitrogens with zero attached hydrogens (tertiary/aromatic N) is 2. The lowest BCUT2D eigenvalue weighted by atomic mass is 10.0. The standard InChI is InChI=1S/C19H24N2O4/c1-11-5-6-12(2)16-15(11)13(3)17(25-16)19(24)21-9-7-20(8-10-21)18(23)14(4)22/h5-6,14,22H,7-10H2,1-4H3. The average molecular weight is 344 g/mol. The van der Waals surface area contributed by atoms with Crippen LogP contribution in [0.3, 0.4) is 0 Å². The molecule has 1 saturated heterocycles. The number of aliphatic hydroxyl groups is 1. The number of carbonyl (C=O) groups is 2. The first kappa shape index (κ1) is 17.5. The zero-order valence-corrected chi connectivity index (χ0v) is 15.1. The van der Waals surface area contributed by atoms with Crippen molar-refractivity contribution in [2.75, 3.05) is 26.2 Å². The van der Waals surface area contributed by atoms with E-state index >= 15 is 0 Å². The van der Waals surface area contributed by atoms with Crippen molar-refractivity contribution in [2.24, 2.45) is 0 Å². The van der Waals surface area contributed by atoms with Gasteiger partial charge in [-0.25, -0.2) is 0 Å². The molecule has 2 amide bonds. The maximum absolute atomic E-state index is 12.9. The number of amides is 2. The molecule has 2 heterocycles. The molecule has 0 radical (unpaired) electrons. The number of benzene rings is 1. The fourth-order valence-corrected chi connectivity index (χ4v) is 3.42. The number of rotatable bonds is 2. The molecule has 1 atom stereocenters. The topological polar surface area (TPSA) is 74.0 Å². The fraction of sp³-hybridized carbons (Fsp3) is 0.474. The molecule has 0 saturated carbocycles. The van der Waals surface area contributed by atoms with E-state index in [9.17, 15) is 14.7 Å². The Hall–Kier alpha value is -2.34. The van der Waals surface area contributed by atoms with E-state index in [4.69, 9.17) is 4.42 Å². The van der Waals surface area contributed by atoms with Gasteiger partial charge in [0, 0.05) is 37.1 Å². The number of piperazine rings is 1. The number of hydrogen-bond donors (Lipinski definition) is 1. The van der Waals surface area contributed by atoms with Crippen LogP contribution in [0, 0.1) is 20.8 Å². The van der Waals surface area contributed by atoms with Crippen LogP contribution in [0.4, 0.5) is 0 Å². The summed E-state index contributed by atoms with van der Waals surface area (Å²) in [7, 11) is 0. The van der Waals surface area contributed by atoms with Crippen LogP contribution in [0.25, 0.3) is 11.0 Å². The Kier molecular flexibility index (Phi) is 4.56. The van der Waals surface area contributed by atoms with Crippen molar-refractivity contribution >= 4 is 22.8 Å². The van der Waals surface area contributed by atoms with Gasteiger partial charge in [0.2, 0.25) is 0 Å². The second-order valence-electron chi connectivity index (χ2n) is 6.75. The summed E-state index contributed by atoms with van der Waals surface area (Å²) in [6.45, 7) is 9.08. The smallest absolute Gasteiger partial charge is 0.290 e. The summed E-state index contributed by atoms with van der Waals surface area (Å²) < 4.78 is 5.93. The highest BCUT2D eigenvalue weighted by Crippen LogP contribution is 2.31. The molecule has 25 heavy (non-hydrogen) atoms. The number of furan rings is 1. The average Bonchev–Trinajstić information content (AvgIpc) is 2.95. The Morgan fingerprint density at radius 2 is 1.60 bits per heavy atom. The van der Waals surface area contributed by atoms with E-state index in [1.165, 1.54) is 6.92 Å². The molecule has 1 unspecified atom stereocenters. The van der Waals surface area contributed by atoms with Crippen LogP contribution < -0.4 is 0 Å². The highest BCUT2D eigenvalue weighted by Gasteiger charge is 2.29. The third-order valence-corrected chi connectivity index (χ3v) is 4.91. The molecule has 6 nitrogen and oxygen atoms in total. The normalized spacial score (nSPS) is 16.4. The molecule has 1 aromatic carbocycles. The summed E-state index contributed by atoms with van der Waals surface area (Å²) in [5, 5.41) is 10.4. The second-order valence-corrected chi connectivity index (χ2v) is 6.75. The van der Waals surface area contributed by atoms with Crippen LogP contribution in [-0.2, 0) is 4.79 Å². The van der Waals surface area contributed by atoms with Crippen molar-refractivity contribution in [1.82, 2.24) is 9.80 Å². The van der Waals surface area contributed by atoms with Crippen LogP contribution in [0.5, 0.6) is 0 Å². The van der Waals surface area contributed by atoms with E-state index in [2.05, 4.69) is 0 Å². The number of aryl methyl sites for hydroxylation is 3. The third-order valence-electron chi connectivity index (χ3n) is 4.91. The third kappa shape index (κ3) is 3.02. The zero-order chi connectivity index (χ0) is 18.3. The summed E-state index contributed by atoms with van der Waals surface area (Å²) in [5.41, 5.74) is 3.73. The van der Waals surface area contributed by atoms with Crippen molar-refractivity contribution < 1.29 is 19.1 Å². The predicted molar refractivity (Wildman–Crippen MR) is 94.6 cm³/mol. The minimum Gasteiger partial charge on any atom is -0.450 e. The van der Waals surface area contributed by atoms with Crippen molar-refractivity contribution in [3.05, 3.63) is 34.6 Å². The second kappa shape index (κ2) is 6.52. The lowest BCUT2D eigenvalue weighted by molar-refractivity contribution is -0.140. The van der Waals surface area contributed by atoms with Crippen molar-refractivity contribution in [3.8, 4) is 0 Å². The first-order valence-electron chi connectivity index (χ1n) is 8.56. The Morgan fingerprint density at radius 3 is 2.16 bits per heavy atom. The molecule has 0 aliphatic carbocycles. The summed E-state index contributed by atoms with van der Waals surface area (Å²) >= 11 is 0. The molecule has 1 N–H and O–H groups in total. The summed E-state index contributed by atoms with van der Waals surface area (Å²) in [6.07, 6.45) is -1.01. The molecule has 0 spiro atoms. The first-order chi connectivity index (χ1) is 11.8. The van der Waals surface area contributed by atoms with Gasteiger partial charge in [-0.3, -0.25) is 9.59 Å². The highest BCUT2D eigenvalue weighted by atomic mass is 16.3. The van der Waals surface area contributed by atoms with E-state index in [0.29, 0.717) is 31.9 Å². The van der Waals surface area contributed by atoms with E-state index in [1.807, 2.05) is 32.9 Å². The van der Waals surface area contributed by atoms with Gasteiger partial charge in [0.25, 0.3) is 11.8 Å². The number of hydrogen-bond acceptors (Lipinski definition) is 4. The van der Waals surface area contributed by atoms with Gasteiger partial charge >= 0.3 is 0 Å². The Bertz CT molecular complexity index is 830. The van der Waals surface area contributed by atoms with Gasteiger partial charge in [-0.05, 0) is 38.8 Å². The molecule has 0 bridgehead atoms. The summed E-state index contributed by atoms with van der Waals surface area (Å²) in [6, 6.07) is 4.03. The minimum absolute atomic E-state index is 0.142. The number of aliphatic hydroxyl groups excluding tert-OH is 1. The van der Waals surface area contributed by atoms with Crippen LogP contribution in [0.2, 0.25) is 0 Å². The van der Waals surface area contributed by atoms with Crippen LogP contribution in [-0.4, -0.2) is 59.0 Å². The van der Waals surface area contributed by atoms with E-state index in [-0.39, 0.29) is 11.8 Å². The molecule has 1 aliphatic rings. The van der Waals surface area contributed by atoms with E-state index in [0.717, 1.165) is 27.7 Å². The maximum atomic E-state index is 12.9. The number of fused-ring (bicyclic) bond motifs is 1. The van der Waals surface area contributed by atoms with Gasteiger partial charge in [-0.2, -0.15) is 0 Å². The van der Waals surface area contributed by atoms with Crippen LogP contribution in [0.15, 0.2) is 16.5 Å². The predicted octanol–water partition coefficient (Wildman–Crippen LogP) is 2.02. The maximum Gasteiger partial charge on any atom is 0.290 e. The largest absolute Gasteiger partial charge is 0.450 e. The molecule has 134 valence electrons. The lowest BCUT2D eigenvalue weighted by Crippen LogP contribution is -2.52. The van der Waals surface area contributed by atoms with Gasteiger partial charge in [0.05, 0.1) is 0 Å². The minimum atomic E-state index is -1.01. The molecular formula is C19H24N2O4. The van der Waals surface area contributed by atoms with Crippen molar-refractivity contribution in [2.45, 2.75) is 33.8 Å². The molecular weight excluding hydrogens is 320 g/mol. The fourth-order valence-electron chi connectivity index (χ4n) is 3.42. The Morgan fingerprint density at radius 1 is 1.04 bits per heavy atom. The van der Waals surface area contributed by atoms with Crippen LogP contribution in [0.1, 0.15) is 34.2 Å². The number of carbonyl (C=O) groups excluding carboxylic acids is 2. The summed E-state index contributed by atoms with van der Waals surface area (Å²) in [5.74, 6) is -0.0578. The van der Waals surface area contributed by atoms with Gasteiger partial charge in [-0.1, -0.05) is 12.1 Å². The van der Waals surface area contributed by atoms with Crippen molar-refractivity contribution in [1.29, 1.82) is 0 Å². The van der Waals surface area contributed by atoms with Crippen LogP contribution >= 0.6 is 0 Å². The SMILES string of the molecule is Cc1ccc(C)c2c(C)c(C(=O)N3CCN(C(=O)C(C)O)CC3)oc12. The quantitative estimate of drug-likeness (QED) is 0.904. The zero-order valence-electron chi connectivity index (χ0n) is 15.1. The van der Waals surface area contributed by atoms with E-state index < -0.39 is 6.10 Å². The van der Waals surface area contributed by atoms with Gasteiger partial charge in [0.15, 0.2) is 5.76 Å². The lowest BCUT2D eigenvalue weighted by Gasteiger charge is -2.35. The van der Waals surface area contributed by atoms with Gasteiger partial charge < -0.3 is 19.3 Å². The molecule has 1 aromatic heterocycles. The molecule has 3 rings (SSSR count). The summed E-state index contributed by atoms with van der Waals surface area (Å²) in [4.78, 5) is 28.0. The highest BCUT2D eigenvalue weighted by molar-refractivity contribution is 6.00. The van der Waals surface area contributed by atoms with Gasteiger partial charge in [0.1, 0.15) is 11.7 Å². The molecule has 1 fully saturated rings. The first-order valence-corrected chi connectivity index (χ1v) is 8.56.